The van der Waals surface area contributed by atoms with Gasteiger partial charge < -0.3 is 0 Å². The summed E-state index contributed by atoms with van der Waals surface area (Å²) < 4.78 is 1.87. The molecule has 0 spiro atoms. The van der Waals surface area contributed by atoms with E-state index in [0.717, 1.165) is 29.1 Å². The minimum absolute atomic E-state index is 0.101. The molecule has 0 radical (unpaired) electrons. The van der Waals surface area contributed by atoms with Crippen LogP contribution in [0, 0.1) is 13.8 Å². The lowest BCUT2D eigenvalue weighted by molar-refractivity contribution is 0.0990. The molecule has 0 aliphatic carbocycles. The van der Waals surface area contributed by atoms with Crippen LogP contribution in [0.2, 0.25) is 5.02 Å². The Morgan fingerprint density at radius 3 is 2.68 bits per heavy atom. The third kappa shape index (κ3) is 3.04. The highest BCUT2D eigenvalue weighted by molar-refractivity contribution is 6.30. The predicted octanol–water partition coefficient (Wildman–Crippen LogP) is 3.60. The van der Waals surface area contributed by atoms with Crippen LogP contribution in [-0.2, 0) is 13.0 Å². The molecule has 0 unspecified atom stereocenters. The molecule has 4 heteroatoms. The highest BCUT2D eigenvalue weighted by Crippen LogP contribution is 2.17. The summed E-state index contributed by atoms with van der Waals surface area (Å²) in [5.41, 5.74) is 3.54. The number of benzene rings is 1. The molecule has 2 aromatic rings. The standard InChI is InChI=1S/C15H17ClN2O/c1-4-18-13(8-11(3)17-18)9-15(19)14-6-5-12(16)7-10(14)2/h5-8H,4,9H2,1-3H3. The average molecular weight is 277 g/mol. The second-order valence-corrected chi connectivity index (χ2v) is 5.09. The first-order chi connectivity index (χ1) is 9.01. The average Bonchev–Trinajstić information content (AvgIpc) is 2.69. The number of aromatic nitrogens is 2. The van der Waals surface area contributed by atoms with Gasteiger partial charge in [0.05, 0.1) is 12.1 Å². The lowest BCUT2D eigenvalue weighted by atomic mass is 10.0. The molecule has 3 nitrogen and oxygen atoms in total. The summed E-state index contributed by atoms with van der Waals surface area (Å²) in [5, 5.41) is 5.01. The minimum Gasteiger partial charge on any atom is -0.294 e. The van der Waals surface area contributed by atoms with E-state index in [1.807, 2.05) is 37.6 Å². The molecule has 2 rings (SSSR count). The van der Waals surface area contributed by atoms with Gasteiger partial charge in [0.1, 0.15) is 0 Å². The number of halogens is 1. The maximum atomic E-state index is 12.3. The van der Waals surface area contributed by atoms with Gasteiger partial charge in [-0.1, -0.05) is 11.6 Å². The second kappa shape index (κ2) is 5.57. The zero-order valence-electron chi connectivity index (χ0n) is 11.4. The Balaban J connectivity index is 2.25. The molecule has 1 heterocycles. The van der Waals surface area contributed by atoms with Crippen molar-refractivity contribution in [1.29, 1.82) is 0 Å². The zero-order valence-corrected chi connectivity index (χ0v) is 12.2. The third-order valence-electron chi connectivity index (χ3n) is 3.12. The molecule has 100 valence electrons. The minimum atomic E-state index is 0.101. The number of Topliss-reactive ketones (excluding diaryl/α,β-unsaturated/α-hetero) is 1. The summed E-state index contributed by atoms with van der Waals surface area (Å²) in [4.78, 5) is 12.3. The number of rotatable bonds is 4. The normalized spacial score (nSPS) is 10.7. The number of nitrogens with zero attached hydrogens (tertiary/aromatic N) is 2. The Kier molecular flexibility index (Phi) is 4.05. The summed E-state index contributed by atoms with van der Waals surface area (Å²) in [7, 11) is 0. The Hall–Kier alpha value is -1.61. The van der Waals surface area contributed by atoms with Gasteiger partial charge >= 0.3 is 0 Å². The highest BCUT2D eigenvalue weighted by Gasteiger charge is 2.13. The van der Waals surface area contributed by atoms with E-state index < -0.39 is 0 Å². The van der Waals surface area contributed by atoms with Gasteiger partial charge in [-0.05, 0) is 50.6 Å². The van der Waals surface area contributed by atoms with E-state index in [9.17, 15) is 4.79 Å². The zero-order chi connectivity index (χ0) is 14.0. The number of carbonyl (C=O) groups excluding carboxylic acids is 1. The summed E-state index contributed by atoms with van der Waals surface area (Å²) in [5.74, 6) is 0.101. The summed E-state index contributed by atoms with van der Waals surface area (Å²) in [6.07, 6.45) is 0.372. The summed E-state index contributed by atoms with van der Waals surface area (Å²) in [6.45, 7) is 6.64. The van der Waals surface area contributed by atoms with Gasteiger partial charge in [-0.15, -0.1) is 0 Å². The van der Waals surface area contributed by atoms with Gasteiger partial charge in [0, 0.05) is 22.8 Å². The van der Waals surface area contributed by atoms with E-state index in [-0.39, 0.29) is 5.78 Å². The molecule has 19 heavy (non-hydrogen) atoms. The number of ketones is 1. The second-order valence-electron chi connectivity index (χ2n) is 4.65. The van der Waals surface area contributed by atoms with Crippen LogP contribution in [0.5, 0.6) is 0 Å². The van der Waals surface area contributed by atoms with E-state index in [0.29, 0.717) is 11.4 Å². The van der Waals surface area contributed by atoms with Crippen LogP contribution >= 0.6 is 11.6 Å². The Morgan fingerprint density at radius 1 is 1.32 bits per heavy atom. The fourth-order valence-electron chi connectivity index (χ4n) is 2.21. The quantitative estimate of drug-likeness (QED) is 0.800. The number of hydrogen-bond acceptors (Lipinski definition) is 2. The van der Waals surface area contributed by atoms with Crippen molar-refractivity contribution in [3.8, 4) is 0 Å². The Bertz CT molecular complexity index is 617. The maximum absolute atomic E-state index is 12.3. The van der Waals surface area contributed by atoms with Gasteiger partial charge in [-0.2, -0.15) is 5.10 Å². The molecule has 0 aliphatic heterocycles. The molecular formula is C15H17ClN2O. The van der Waals surface area contributed by atoms with Gasteiger partial charge in [0.25, 0.3) is 0 Å². The fraction of sp³-hybridized carbons (Fsp3) is 0.333. The Labute approximate surface area is 118 Å². The molecule has 0 saturated carbocycles. The van der Waals surface area contributed by atoms with Crippen molar-refractivity contribution in [2.45, 2.75) is 33.7 Å². The lowest BCUT2D eigenvalue weighted by Crippen LogP contribution is -2.10. The summed E-state index contributed by atoms with van der Waals surface area (Å²) >= 11 is 5.91. The lowest BCUT2D eigenvalue weighted by Gasteiger charge is -2.07. The molecule has 1 aromatic carbocycles. The van der Waals surface area contributed by atoms with Gasteiger partial charge in [0.2, 0.25) is 0 Å². The molecule has 1 aromatic heterocycles. The molecule has 0 bridgehead atoms. The maximum Gasteiger partial charge on any atom is 0.169 e. The van der Waals surface area contributed by atoms with Crippen molar-refractivity contribution in [3.05, 3.63) is 51.8 Å². The van der Waals surface area contributed by atoms with Crippen LogP contribution in [-0.4, -0.2) is 15.6 Å². The van der Waals surface area contributed by atoms with Crippen molar-refractivity contribution < 1.29 is 4.79 Å². The SMILES string of the molecule is CCn1nc(C)cc1CC(=O)c1ccc(Cl)cc1C. The van der Waals surface area contributed by atoms with Crippen LogP contribution in [0.15, 0.2) is 24.3 Å². The first-order valence-corrected chi connectivity index (χ1v) is 6.71. The predicted molar refractivity (Wildman–Crippen MR) is 76.9 cm³/mol. The third-order valence-corrected chi connectivity index (χ3v) is 3.35. The van der Waals surface area contributed by atoms with Crippen molar-refractivity contribution in [2.75, 3.05) is 0 Å². The molecule has 0 atom stereocenters. The molecule has 0 saturated heterocycles. The van der Waals surface area contributed by atoms with E-state index in [4.69, 9.17) is 11.6 Å². The van der Waals surface area contributed by atoms with Crippen LogP contribution in [0.1, 0.15) is 34.2 Å². The monoisotopic (exact) mass is 276 g/mol. The van der Waals surface area contributed by atoms with E-state index in [1.54, 1.807) is 12.1 Å². The highest BCUT2D eigenvalue weighted by atomic mass is 35.5. The first kappa shape index (κ1) is 13.8. The van der Waals surface area contributed by atoms with Crippen LogP contribution in [0.4, 0.5) is 0 Å². The number of carbonyl (C=O) groups is 1. The van der Waals surface area contributed by atoms with Gasteiger partial charge in [-0.25, -0.2) is 0 Å². The van der Waals surface area contributed by atoms with Crippen molar-refractivity contribution >= 4 is 17.4 Å². The van der Waals surface area contributed by atoms with E-state index >= 15 is 0 Å². The molecule has 0 amide bonds. The number of hydrogen-bond donors (Lipinski definition) is 0. The van der Waals surface area contributed by atoms with Crippen LogP contribution < -0.4 is 0 Å². The Morgan fingerprint density at radius 2 is 2.05 bits per heavy atom. The molecule has 0 fully saturated rings. The van der Waals surface area contributed by atoms with Gasteiger partial charge in [0.15, 0.2) is 5.78 Å². The van der Waals surface area contributed by atoms with Crippen molar-refractivity contribution in [1.82, 2.24) is 9.78 Å². The topological polar surface area (TPSA) is 34.9 Å². The molecule has 0 aliphatic rings. The van der Waals surface area contributed by atoms with Crippen molar-refractivity contribution in [3.63, 3.8) is 0 Å². The number of aryl methyl sites for hydroxylation is 3. The van der Waals surface area contributed by atoms with Crippen molar-refractivity contribution in [2.24, 2.45) is 0 Å². The smallest absolute Gasteiger partial charge is 0.169 e. The van der Waals surface area contributed by atoms with E-state index in [1.165, 1.54) is 0 Å². The fourth-order valence-corrected chi connectivity index (χ4v) is 2.44. The molecular weight excluding hydrogens is 260 g/mol. The molecule has 0 N–H and O–H groups in total. The van der Waals surface area contributed by atoms with Gasteiger partial charge in [-0.3, -0.25) is 9.48 Å². The largest absolute Gasteiger partial charge is 0.294 e. The summed E-state index contributed by atoms with van der Waals surface area (Å²) in [6, 6.07) is 7.33. The first-order valence-electron chi connectivity index (χ1n) is 6.34. The van der Waals surface area contributed by atoms with Crippen LogP contribution in [0.3, 0.4) is 0 Å². The van der Waals surface area contributed by atoms with E-state index in [2.05, 4.69) is 5.10 Å². The van der Waals surface area contributed by atoms with Crippen LogP contribution in [0.25, 0.3) is 0 Å².